The molecule has 0 unspecified atom stereocenters. The van der Waals surface area contributed by atoms with Crippen LogP contribution in [0.25, 0.3) is 0 Å². The Kier molecular flexibility index (Phi) is 3.78. The molecule has 0 heterocycles. The van der Waals surface area contributed by atoms with E-state index in [1.54, 1.807) is 19.2 Å². The van der Waals surface area contributed by atoms with Gasteiger partial charge in [-0.05, 0) is 17.7 Å². The van der Waals surface area contributed by atoms with Gasteiger partial charge in [-0.2, -0.15) is 4.89 Å². The third-order valence-electron chi connectivity index (χ3n) is 1.49. The highest BCUT2D eigenvalue weighted by molar-refractivity contribution is 5.35. The average Bonchev–Trinajstić information content (AvgIpc) is 2.19. The SMILES string of the molecule is COc1ccc(COOC=O)cc1. The monoisotopic (exact) mass is 182 g/mol. The van der Waals surface area contributed by atoms with Gasteiger partial charge in [0.15, 0.2) is 0 Å². The molecule has 70 valence electrons. The van der Waals surface area contributed by atoms with E-state index in [4.69, 9.17) is 4.74 Å². The summed E-state index contributed by atoms with van der Waals surface area (Å²) in [6.45, 7) is 0.478. The van der Waals surface area contributed by atoms with Gasteiger partial charge in [0.05, 0.1) is 7.11 Å². The van der Waals surface area contributed by atoms with Crippen LogP contribution in [0.2, 0.25) is 0 Å². The first-order valence-electron chi connectivity index (χ1n) is 3.71. The molecule has 1 rings (SSSR count). The molecule has 4 heteroatoms. The molecular weight excluding hydrogens is 172 g/mol. The molecule has 0 aromatic heterocycles. The Bertz CT molecular complexity index is 255. The summed E-state index contributed by atoms with van der Waals surface area (Å²) in [5, 5.41) is 0. The number of hydrogen-bond donors (Lipinski definition) is 0. The maximum absolute atomic E-state index is 9.73. The number of methoxy groups -OCH3 is 1. The van der Waals surface area contributed by atoms with Gasteiger partial charge in [-0.25, -0.2) is 0 Å². The van der Waals surface area contributed by atoms with Crippen LogP contribution in [0.5, 0.6) is 5.75 Å². The first-order valence-corrected chi connectivity index (χ1v) is 3.71. The van der Waals surface area contributed by atoms with Gasteiger partial charge in [0, 0.05) is 0 Å². The predicted octanol–water partition coefficient (Wildman–Crippen LogP) is 1.30. The molecule has 13 heavy (non-hydrogen) atoms. The van der Waals surface area contributed by atoms with Crippen molar-refractivity contribution in [3.8, 4) is 5.75 Å². The standard InChI is InChI=1S/C9H10O4/c1-11-9-4-2-8(3-5-9)6-12-13-7-10/h2-5,7H,6H2,1H3. The predicted molar refractivity (Wildman–Crippen MR) is 44.9 cm³/mol. The summed E-state index contributed by atoms with van der Waals surface area (Å²) in [4.78, 5) is 18.3. The molecule has 0 aliphatic rings. The number of carbonyl (C=O) groups is 1. The van der Waals surface area contributed by atoms with Crippen LogP contribution in [0.4, 0.5) is 0 Å². The van der Waals surface area contributed by atoms with Gasteiger partial charge in [-0.3, -0.25) is 4.79 Å². The van der Waals surface area contributed by atoms with Crippen LogP contribution in [0, 0.1) is 0 Å². The second-order valence-corrected chi connectivity index (χ2v) is 2.30. The maximum atomic E-state index is 9.73. The first kappa shape index (κ1) is 9.54. The molecule has 0 amide bonds. The molecule has 0 saturated heterocycles. The second-order valence-electron chi connectivity index (χ2n) is 2.30. The van der Waals surface area contributed by atoms with Gasteiger partial charge in [-0.1, -0.05) is 12.1 Å². The summed E-state index contributed by atoms with van der Waals surface area (Å²) in [6, 6.07) is 7.26. The Balaban J connectivity index is 2.44. The molecule has 0 spiro atoms. The van der Waals surface area contributed by atoms with Crippen LogP contribution in [0.1, 0.15) is 5.56 Å². The summed E-state index contributed by atoms with van der Waals surface area (Å²) in [5.41, 5.74) is 0.905. The number of rotatable bonds is 5. The van der Waals surface area contributed by atoms with Crippen molar-refractivity contribution in [3.05, 3.63) is 29.8 Å². The van der Waals surface area contributed by atoms with Crippen molar-refractivity contribution in [1.82, 2.24) is 0 Å². The van der Waals surface area contributed by atoms with Gasteiger partial charge in [0.2, 0.25) is 0 Å². The van der Waals surface area contributed by atoms with E-state index < -0.39 is 0 Å². The van der Waals surface area contributed by atoms with Crippen LogP contribution in [0.3, 0.4) is 0 Å². The maximum Gasteiger partial charge on any atom is 0.330 e. The van der Waals surface area contributed by atoms with Crippen LogP contribution >= 0.6 is 0 Å². The van der Waals surface area contributed by atoms with Crippen molar-refractivity contribution >= 4 is 6.47 Å². The molecule has 0 aliphatic heterocycles. The molecule has 0 radical (unpaired) electrons. The minimum Gasteiger partial charge on any atom is -0.497 e. The van der Waals surface area contributed by atoms with Gasteiger partial charge in [0.25, 0.3) is 0 Å². The summed E-state index contributed by atoms with van der Waals surface area (Å²) in [7, 11) is 1.60. The van der Waals surface area contributed by atoms with E-state index in [-0.39, 0.29) is 13.1 Å². The third-order valence-corrected chi connectivity index (χ3v) is 1.49. The minimum absolute atomic E-state index is 0.239. The topological polar surface area (TPSA) is 44.8 Å². The molecule has 1 aromatic rings. The number of ether oxygens (including phenoxy) is 1. The first-order chi connectivity index (χ1) is 6.36. The number of hydrogen-bond acceptors (Lipinski definition) is 4. The van der Waals surface area contributed by atoms with Crippen molar-refractivity contribution in [2.45, 2.75) is 6.61 Å². The van der Waals surface area contributed by atoms with E-state index >= 15 is 0 Å². The van der Waals surface area contributed by atoms with E-state index in [1.165, 1.54) is 0 Å². The lowest BCUT2D eigenvalue weighted by Gasteiger charge is -2.01. The third kappa shape index (κ3) is 3.13. The Hall–Kier alpha value is -1.55. The van der Waals surface area contributed by atoms with E-state index in [0.29, 0.717) is 0 Å². The summed E-state index contributed by atoms with van der Waals surface area (Å²) in [6.07, 6.45) is 0. The van der Waals surface area contributed by atoms with E-state index in [2.05, 4.69) is 9.78 Å². The molecule has 0 saturated carbocycles. The molecule has 0 fully saturated rings. The summed E-state index contributed by atoms with van der Waals surface area (Å²) >= 11 is 0. The highest BCUT2D eigenvalue weighted by Gasteiger charge is 1.94. The van der Waals surface area contributed by atoms with Crippen LogP contribution < -0.4 is 4.74 Å². The van der Waals surface area contributed by atoms with E-state index in [1.807, 2.05) is 12.1 Å². The minimum atomic E-state index is 0.239. The van der Waals surface area contributed by atoms with Gasteiger partial charge < -0.3 is 9.62 Å². The zero-order chi connectivity index (χ0) is 9.52. The average molecular weight is 182 g/mol. The molecule has 0 aliphatic carbocycles. The Morgan fingerprint density at radius 2 is 2.00 bits per heavy atom. The van der Waals surface area contributed by atoms with E-state index in [9.17, 15) is 4.79 Å². The molecule has 0 atom stereocenters. The number of benzene rings is 1. The largest absolute Gasteiger partial charge is 0.497 e. The molecule has 4 nitrogen and oxygen atoms in total. The Morgan fingerprint density at radius 3 is 2.54 bits per heavy atom. The molecule has 1 aromatic carbocycles. The summed E-state index contributed by atoms with van der Waals surface area (Å²) < 4.78 is 4.97. The van der Waals surface area contributed by atoms with Crippen LogP contribution in [-0.4, -0.2) is 13.6 Å². The molecule has 0 N–H and O–H groups in total. The fourth-order valence-electron chi connectivity index (χ4n) is 0.852. The fraction of sp³-hybridized carbons (Fsp3) is 0.222. The van der Waals surface area contributed by atoms with Gasteiger partial charge in [-0.15, -0.1) is 0 Å². The molecule has 0 bridgehead atoms. The highest BCUT2D eigenvalue weighted by atomic mass is 17.2. The highest BCUT2D eigenvalue weighted by Crippen LogP contribution is 2.11. The Morgan fingerprint density at radius 1 is 1.31 bits per heavy atom. The van der Waals surface area contributed by atoms with Gasteiger partial charge >= 0.3 is 6.47 Å². The lowest BCUT2D eigenvalue weighted by molar-refractivity contribution is -0.266. The van der Waals surface area contributed by atoms with Crippen molar-refractivity contribution in [1.29, 1.82) is 0 Å². The summed E-state index contributed by atoms with van der Waals surface area (Å²) in [5.74, 6) is 0.778. The van der Waals surface area contributed by atoms with Crippen LogP contribution in [0.15, 0.2) is 24.3 Å². The van der Waals surface area contributed by atoms with Crippen molar-refractivity contribution in [2.75, 3.05) is 7.11 Å². The lowest BCUT2D eigenvalue weighted by Crippen LogP contribution is -1.93. The van der Waals surface area contributed by atoms with Gasteiger partial charge in [0.1, 0.15) is 12.4 Å². The molecular formula is C9H10O4. The Labute approximate surface area is 76.0 Å². The van der Waals surface area contributed by atoms with Crippen molar-refractivity contribution in [3.63, 3.8) is 0 Å². The van der Waals surface area contributed by atoms with Crippen LogP contribution in [-0.2, 0) is 21.2 Å². The number of carbonyl (C=O) groups excluding carboxylic acids is 1. The smallest absolute Gasteiger partial charge is 0.330 e. The zero-order valence-corrected chi connectivity index (χ0v) is 7.23. The lowest BCUT2D eigenvalue weighted by atomic mass is 10.2. The van der Waals surface area contributed by atoms with Crippen molar-refractivity contribution in [2.24, 2.45) is 0 Å². The normalized spacial score (nSPS) is 9.31. The quantitative estimate of drug-likeness (QED) is 0.298. The van der Waals surface area contributed by atoms with E-state index in [0.717, 1.165) is 11.3 Å². The fourth-order valence-corrected chi connectivity index (χ4v) is 0.852. The second kappa shape index (κ2) is 5.16. The zero-order valence-electron chi connectivity index (χ0n) is 7.23. The van der Waals surface area contributed by atoms with Crippen molar-refractivity contribution < 1.29 is 19.3 Å².